The molecule has 0 saturated carbocycles. The van der Waals surface area contributed by atoms with Gasteiger partial charge in [0.25, 0.3) is 17.7 Å². The van der Waals surface area contributed by atoms with Crippen LogP contribution in [0.25, 0.3) is 0 Å². The van der Waals surface area contributed by atoms with Gasteiger partial charge in [0.15, 0.2) is 0 Å². The van der Waals surface area contributed by atoms with E-state index in [9.17, 15) is 29.2 Å². The summed E-state index contributed by atoms with van der Waals surface area (Å²) in [5.74, 6) is -3.18. The number of nitrogens with zero attached hydrogens (tertiary/aromatic N) is 7. The number of amides is 5. The summed E-state index contributed by atoms with van der Waals surface area (Å²) in [4.78, 5) is 75.8. The molecule has 6 aliphatic heterocycles. The molecule has 304 valence electrons. The van der Waals surface area contributed by atoms with E-state index in [0.717, 1.165) is 73.4 Å². The van der Waals surface area contributed by atoms with Crippen molar-refractivity contribution in [3.05, 3.63) is 100.0 Å². The van der Waals surface area contributed by atoms with Gasteiger partial charge in [0.2, 0.25) is 11.8 Å². The normalized spacial score (nSPS) is 23.3. The maximum atomic E-state index is 15.5. The molecule has 2 atom stereocenters. The lowest BCUT2D eigenvalue weighted by molar-refractivity contribution is -0.136. The average Bonchev–Trinajstić information content (AvgIpc) is 3.92. The van der Waals surface area contributed by atoms with Gasteiger partial charge in [-0.25, -0.2) is 4.39 Å². The molecular formula is C44H44ClFN8O5. The molecule has 3 aromatic carbocycles. The van der Waals surface area contributed by atoms with Crippen molar-refractivity contribution in [3.8, 4) is 6.07 Å². The fourth-order valence-electron chi connectivity index (χ4n) is 9.91. The Labute approximate surface area is 346 Å². The Morgan fingerprint density at radius 3 is 2.24 bits per heavy atom. The molecule has 0 aliphatic carbocycles. The van der Waals surface area contributed by atoms with Crippen LogP contribution in [0.3, 0.4) is 0 Å². The molecule has 5 fully saturated rings. The van der Waals surface area contributed by atoms with Gasteiger partial charge in [0.05, 0.1) is 27.4 Å². The van der Waals surface area contributed by atoms with Crippen LogP contribution < -0.4 is 20.0 Å². The summed E-state index contributed by atoms with van der Waals surface area (Å²) in [6.07, 6.45) is 3.77. The van der Waals surface area contributed by atoms with Crippen molar-refractivity contribution in [2.45, 2.75) is 50.6 Å². The van der Waals surface area contributed by atoms with Gasteiger partial charge in [0.1, 0.15) is 17.9 Å². The third-order valence-corrected chi connectivity index (χ3v) is 13.6. The smallest absolute Gasteiger partial charge is 0.262 e. The summed E-state index contributed by atoms with van der Waals surface area (Å²) in [5, 5.41) is 11.9. The largest absolute Gasteiger partial charge is 0.371 e. The van der Waals surface area contributed by atoms with Gasteiger partial charge in [-0.15, -0.1) is 0 Å². The van der Waals surface area contributed by atoms with Crippen molar-refractivity contribution >= 4 is 58.2 Å². The third kappa shape index (κ3) is 6.99. The standard InChI is InChI=1S/C44H44ClFN8O5/c1-27-23-44(26-53(27)31-7-4-29(24-47)35(45)20-31)11-14-49(15-12-44)30-5-2-28(3-6-30)41(57)51-18-16-50(17-19-51)32-10-13-52(25-32)38-22-34-33(21-36(38)46)42(58)54(43(34)59)37-8-9-39(55)48-40(37)56/h2-7,20-22,32,37H,1,8-19,23,25-26H2,(H,48,55,56)/t32-,37?/m1/s1. The predicted octanol–water partition coefficient (Wildman–Crippen LogP) is 4.80. The highest BCUT2D eigenvalue weighted by Gasteiger charge is 2.46. The molecule has 0 aromatic heterocycles. The predicted molar refractivity (Wildman–Crippen MR) is 219 cm³/mol. The third-order valence-electron chi connectivity index (χ3n) is 13.3. The van der Waals surface area contributed by atoms with Crippen molar-refractivity contribution in [3.63, 3.8) is 0 Å². The summed E-state index contributed by atoms with van der Waals surface area (Å²) in [6, 6.07) is 17.1. The number of carbonyl (C=O) groups excluding carboxylic acids is 5. The number of nitrogens with one attached hydrogen (secondary N) is 1. The minimum atomic E-state index is -1.11. The zero-order chi connectivity index (χ0) is 41.2. The number of fused-ring (bicyclic) bond motifs is 1. The molecule has 0 radical (unpaired) electrons. The van der Waals surface area contributed by atoms with Crippen molar-refractivity contribution in [1.82, 2.24) is 20.0 Å². The molecule has 6 aliphatic rings. The van der Waals surface area contributed by atoms with Crippen molar-refractivity contribution < 1.29 is 28.4 Å². The van der Waals surface area contributed by atoms with E-state index < -0.39 is 35.5 Å². The van der Waals surface area contributed by atoms with Crippen LogP contribution in [0, 0.1) is 22.6 Å². The van der Waals surface area contributed by atoms with Crippen molar-refractivity contribution in [2.75, 3.05) is 73.6 Å². The number of anilines is 3. The minimum Gasteiger partial charge on any atom is -0.371 e. The molecule has 0 bridgehead atoms. The molecule has 15 heteroatoms. The monoisotopic (exact) mass is 818 g/mol. The van der Waals surface area contributed by atoms with E-state index >= 15 is 4.39 Å². The highest BCUT2D eigenvalue weighted by Crippen LogP contribution is 2.47. The Kier molecular flexibility index (Phi) is 9.92. The fraction of sp³-hybridized carbons (Fsp3) is 0.409. The second-order valence-electron chi connectivity index (χ2n) is 16.7. The number of piperazine rings is 1. The Balaban J connectivity index is 0.764. The first-order valence-corrected chi connectivity index (χ1v) is 20.6. The van der Waals surface area contributed by atoms with E-state index in [4.69, 9.17) is 11.6 Å². The number of allylic oxidation sites excluding steroid dienone is 1. The highest BCUT2D eigenvalue weighted by atomic mass is 35.5. The summed E-state index contributed by atoms with van der Waals surface area (Å²) in [7, 11) is 0. The molecule has 9 rings (SSSR count). The van der Waals surface area contributed by atoms with E-state index in [0.29, 0.717) is 55.4 Å². The van der Waals surface area contributed by atoms with Crippen LogP contribution in [0.1, 0.15) is 75.2 Å². The Morgan fingerprint density at radius 1 is 0.864 bits per heavy atom. The molecule has 59 heavy (non-hydrogen) atoms. The Bertz CT molecular complexity index is 2330. The summed E-state index contributed by atoms with van der Waals surface area (Å²) in [6.45, 7) is 10.6. The van der Waals surface area contributed by atoms with Crippen LogP contribution >= 0.6 is 11.6 Å². The number of nitriles is 1. The van der Waals surface area contributed by atoms with Gasteiger partial charge in [-0.2, -0.15) is 5.26 Å². The molecule has 1 N–H and O–H groups in total. The van der Waals surface area contributed by atoms with Gasteiger partial charge >= 0.3 is 0 Å². The number of hydrogen-bond donors (Lipinski definition) is 1. The van der Waals surface area contributed by atoms with Crippen LogP contribution in [-0.2, 0) is 9.59 Å². The van der Waals surface area contributed by atoms with Crippen LogP contribution in [0.15, 0.2) is 66.9 Å². The summed E-state index contributed by atoms with van der Waals surface area (Å²) >= 11 is 6.34. The van der Waals surface area contributed by atoms with E-state index in [1.165, 1.54) is 6.07 Å². The summed E-state index contributed by atoms with van der Waals surface area (Å²) < 4.78 is 15.5. The van der Waals surface area contributed by atoms with E-state index in [1.807, 2.05) is 46.2 Å². The van der Waals surface area contributed by atoms with Crippen LogP contribution in [0.5, 0.6) is 0 Å². The number of imide groups is 2. The Morgan fingerprint density at radius 2 is 1.56 bits per heavy atom. The maximum absolute atomic E-state index is 15.5. The second kappa shape index (κ2) is 15.1. The first-order chi connectivity index (χ1) is 28.4. The quantitative estimate of drug-likeness (QED) is 0.345. The number of piperidine rings is 2. The van der Waals surface area contributed by atoms with Gasteiger partial charge in [0, 0.05) is 94.0 Å². The SMILES string of the molecule is C=C1CC2(CCN(c3ccc(C(=O)N4CCN([C@@H]5CCN(c6cc7c(cc6F)C(=O)N(C6CCC(=O)NC6=O)C7=O)C5)CC4)cc3)CC2)CN1c1ccc(C#N)c(Cl)c1. The molecule has 13 nitrogen and oxygen atoms in total. The molecule has 5 saturated heterocycles. The second-order valence-corrected chi connectivity index (χ2v) is 17.1. The molecule has 6 heterocycles. The molecule has 5 amide bonds. The van der Waals surface area contributed by atoms with E-state index in [1.54, 1.807) is 6.07 Å². The van der Waals surface area contributed by atoms with Crippen molar-refractivity contribution in [2.24, 2.45) is 5.41 Å². The first-order valence-electron chi connectivity index (χ1n) is 20.3. The molecule has 3 aromatic rings. The summed E-state index contributed by atoms with van der Waals surface area (Å²) in [5.41, 5.74) is 4.60. The molecule has 1 unspecified atom stereocenters. The average molecular weight is 819 g/mol. The zero-order valence-electron chi connectivity index (χ0n) is 32.6. The van der Waals surface area contributed by atoms with Crippen LogP contribution in [-0.4, -0.2) is 115 Å². The van der Waals surface area contributed by atoms with Crippen LogP contribution in [0.2, 0.25) is 5.02 Å². The highest BCUT2D eigenvalue weighted by molar-refractivity contribution is 6.32. The number of rotatable bonds is 6. The minimum absolute atomic E-state index is 0.0000819. The lowest BCUT2D eigenvalue weighted by Gasteiger charge is -2.40. The maximum Gasteiger partial charge on any atom is 0.262 e. The van der Waals surface area contributed by atoms with Gasteiger partial charge in [-0.3, -0.25) is 39.1 Å². The first kappa shape index (κ1) is 38.7. The van der Waals surface area contributed by atoms with E-state index in [2.05, 4.69) is 32.7 Å². The van der Waals surface area contributed by atoms with Gasteiger partial charge < -0.3 is 19.6 Å². The van der Waals surface area contributed by atoms with Gasteiger partial charge in [-0.1, -0.05) is 18.2 Å². The number of benzene rings is 3. The van der Waals surface area contributed by atoms with Crippen molar-refractivity contribution in [1.29, 1.82) is 5.26 Å². The number of hydrogen-bond acceptors (Lipinski definition) is 10. The lowest BCUT2D eigenvalue weighted by atomic mass is 9.77. The molecule has 1 spiro atoms. The fourth-order valence-corrected chi connectivity index (χ4v) is 10.1. The van der Waals surface area contributed by atoms with Gasteiger partial charge in [-0.05, 0) is 92.1 Å². The zero-order valence-corrected chi connectivity index (χ0v) is 33.3. The topological polar surface area (TPSA) is 141 Å². The number of halogens is 2. The number of carbonyl (C=O) groups is 5. The van der Waals surface area contributed by atoms with E-state index in [-0.39, 0.29) is 47.0 Å². The molecular weight excluding hydrogens is 775 g/mol. The Hall–Kier alpha value is -5.78. The van der Waals surface area contributed by atoms with Crippen LogP contribution in [0.4, 0.5) is 21.5 Å². The lowest BCUT2D eigenvalue weighted by Crippen LogP contribution is -2.54.